The molecule has 0 unspecified atom stereocenters. The Morgan fingerprint density at radius 3 is 2.29 bits per heavy atom. The summed E-state index contributed by atoms with van der Waals surface area (Å²) in [4.78, 5) is 37.3. The van der Waals surface area contributed by atoms with Crippen molar-refractivity contribution < 1.29 is 24.2 Å². The zero-order valence-corrected chi connectivity index (χ0v) is 13.0. The Balaban J connectivity index is 1.62. The number of nitrogens with zero attached hydrogens (tertiary/aromatic N) is 1. The molecule has 0 saturated heterocycles. The fraction of sp³-hybridized carbons (Fsp3) is 0.167. The van der Waals surface area contributed by atoms with E-state index in [1.807, 2.05) is 0 Å². The van der Waals surface area contributed by atoms with E-state index in [4.69, 9.17) is 4.74 Å². The van der Waals surface area contributed by atoms with E-state index in [-0.39, 0.29) is 24.5 Å². The van der Waals surface area contributed by atoms with Crippen molar-refractivity contribution >= 4 is 17.8 Å². The number of aryl methyl sites for hydroxylation is 1. The molecule has 122 valence electrons. The molecule has 0 spiro atoms. The molecule has 2 amide bonds. The van der Waals surface area contributed by atoms with Crippen LogP contribution in [0.15, 0.2) is 42.5 Å². The minimum absolute atomic E-state index is 0.0370. The highest BCUT2D eigenvalue weighted by Crippen LogP contribution is 2.22. The molecule has 3 rings (SSSR count). The lowest BCUT2D eigenvalue weighted by atomic mass is 10.1. The van der Waals surface area contributed by atoms with Crippen molar-refractivity contribution in [1.82, 2.24) is 4.90 Å². The fourth-order valence-electron chi connectivity index (χ4n) is 2.56. The van der Waals surface area contributed by atoms with Crippen LogP contribution >= 0.6 is 0 Å². The van der Waals surface area contributed by atoms with Crippen molar-refractivity contribution in [2.24, 2.45) is 0 Å². The van der Waals surface area contributed by atoms with E-state index in [9.17, 15) is 19.5 Å². The lowest BCUT2D eigenvalue weighted by Crippen LogP contribution is -2.33. The largest absolute Gasteiger partial charge is 0.507 e. The first-order valence-electron chi connectivity index (χ1n) is 7.41. The maximum atomic E-state index is 12.2. The highest BCUT2D eigenvalue weighted by molar-refractivity contribution is 6.21. The van der Waals surface area contributed by atoms with Gasteiger partial charge in [0, 0.05) is 0 Å². The SMILES string of the molecule is Cc1ccc(C(=O)OCCN2C(=O)c3ccccc3C2=O)c(O)c1. The van der Waals surface area contributed by atoms with E-state index in [0.29, 0.717) is 11.1 Å². The molecule has 0 fully saturated rings. The predicted molar refractivity (Wildman–Crippen MR) is 84.9 cm³/mol. The zero-order chi connectivity index (χ0) is 17.3. The number of imide groups is 1. The van der Waals surface area contributed by atoms with Gasteiger partial charge in [-0.3, -0.25) is 14.5 Å². The van der Waals surface area contributed by atoms with Crippen LogP contribution in [0, 0.1) is 6.92 Å². The van der Waals surface area contributed by atoms with E-state index in [1.165, 1.54) is 12.1 Å². The maximum Gasteiger partial charge on any atom is 0.341 e. The smallest absolute Gasteiger partial charge is 0.341 e. The highest BCUT2D eigenvalue weighted by atomic mass is 16.5. The van der Waals surface area contributed by atoms with Gasteiger partial charge in [-0.25, -0.2) is 4.79 Å². The van der Waals surface area contributed by atoms with E-state index < -0.39 is 17.8 Å². The summed E-state index contributed by atoms with van der Waals surface area (Å²) in [6.07, 6.45) is 0. The number of phenols is 1. The lowest BCUT2D eigenvalue weighted by Gasteiger charge is -2.14. The first-order chi connectivity index (χ1) is 11.5. The maximum absolute atomic E-state index is 12.2. The summed E-state index contributed by atoms with van der Waals surface area (Å²) in [6.45, 7) is 1.61. The van der Waals surface area contributed by atoms with Crippen LogP contribution in [-0.2, 0) is 4.74 Å². The Morgan fingerprint density at radius 2 is 1.71 bits per heavy atom. The van der Waals surface area contributed by atoms with Crippen LogP contribution in [0.3, 0.4) is 0 Å². The minimum atomic E-state index is -0.705. The molecule has 0 saturated carbocycles. The lowest BCUT2D eigenvalue weighted by molar-refractivity contribution is 0.0418. The Morgan fingerprint density at radius 1 is 1.08 bits per heavy atom. The monoisotopic (exact) mass is 325 g/mol. The summed E-state index contributed by atoms with van der Waals surface area (Å²) in [5.41, 5.74) is 1.56. The Kier molecular flexibility index (Phi) is 4.04. The number of esters is 1. The van der Waals surface area contributed by atoms with Crippen LogP contribution in [0.1, 0.15) is 36.6 Å². The molecule has 1 heterocycles. The van der Waals surface area contributed by atoms with Crippen molar-refractivity contribution in [3.63, 3.8) is 0 Å². The molecule has 1 aliphatic heterocycles. The number of benzene rings is 2. The Labute approximate surface area is 138 Å². The highest BCUT2D eigenvalue weighted by Gasteiger charge is 2.34. The number of fused-ring (bicyclic) bond motifs is 1. The summed E-state index contributed by atoms with van der Waals surface area (Å²) >= 11 is 0. The molecule has 2 aromatic carbocycles. The summed E-state index contributed by atoms with van der Waals surface area (Å²) in [7, 11) is 0. The molecule has 0 bridgehead atoms. The van der Waals surface area contributed by atoms with Crippen LogP contribution in [0.4, 0.5) is 0 Å². The molecular weight excluding hydrogens is 310 g/mol. The van der Waals surface area contributed by atoms with Gasteiger partial charge in [0.2, 0.25) is 0 Å². The van der Waals surface area contributed by atoms with Gasteiger partial charge in [-0.15, -0.1) is 0 Å². The van der Waals surface area contributed by atoms with Crippen molar-refractivity contribution in [3.8, 4) is 5.75 Å². The van der Waals surface area contributed by atoms with Gasteiger partial charge in [-0.2, -0.15) is 0 Å². The van der Waals surface area contributed by atoms with E-state index >= 15 is 0 Å². The normalized spacial score (nSPS) is 13.1. The van der Waals surface area contributed by atoms with Gasteiger partial charge in [0.05, 0.1) is 17.7 Å². The Hall–Kier alpha value is -3.15. The molecule has 0 radical (unpaired) electrons. The van der Waals surface area contributed by atoms with Crippen LogP contribution in [0.5, 0.6) is 5.75 Å². The molecule has 1 N–H and O–H groups in total. The van der Waals surface area contributed by atoms with Crippen molar-refractivity contribution in [2.45, 2.75) is 6.92 Å². The second kappa shape index (κ2) is 6.16. The third kappa shape index (κ3) is 2.74. The number of rotatable bonds is 4. The van der Waals surface area contributed by atoms with Gasteiger partial charge in [-0.1, -0.05) is 18.2 Å². The number of aromatic hydroxyl groups is 1. The molecule has 0 aromatic heterocycles. The van der Waals surface area contributed by atoms with Gasteiger partial charge in [0.15, 0.2) is 0 Å². The third-order valence-corrected chi connectivity index (χ3v) is 3.80. The first-order valence-corrected chi connectivity index (χ1v) is 7.41. The van der Waals surface area contributed by atoms with E-state index in [2.05, 4.69) is 0 Å². The number of amides is 2. The Bertz CT molecular complexity index is 808. The second-order valence-electron chi connectivity index (χ2n) is 5.46. The summed E-state index contributed by atoms with van der Waals surface area (Å²) in [5.74, 6) is -1.67. The second-order valence-corrected chi connectivity index (χ2v) is 5.46. The number of carbonyl (C=O) groups excluding carboxylic acids is 3. The topological polar surface area (TPSA) is 83.9 Å². The quantitative estimate of drug-likeness (QED) is 0.688. The predicted octanol–water partition coefficient (Wildman–Crippen LogP) is 2.15. The summed E-state index contributed by atoms with van der Waals surface area (Å²) in [5, 5.41) is 9.76. The summed E-state index contributed by atoms with van der Waals surface area (Å²) in [6, 6.07) is 11.2. The van der Waals surface area contributed by atoms with Crippen molar-refractivity contribution in [2.75, 3.05) is 13.2 Å². The van der Waals surface area contributed by atoms with Gasteiger partial charge < -0.3 is 9.84 Å². The van der Waals surface area contributed by atoms with Gasteiger partial charge in [0.1, 0.15) is 17.9 Å². The fourth-order valence-corrected chi connectivity index (χ4v) is 2.56. The average Bonchev–Trinajstić information content (AvgIpc) is 2.80. The van der Waals surface area contributed by atoms with Gasteiger partial charge >= 0.3 is 5.97 Å². The zero-order valence-electron chi connectivity index (χ0n) is 13.0. The first kappa shape index (κ1) is 15.7. The molecule has 2 aromatic rings. The standard InChI is InChI=1S/C18H15NO5/c1-11-6-7-14(15(20)10-11)18(23)24-9-8-19-16(21)12-4-2-3-5-13(12)17(19)22/h2-7,10,20H,8-9H2,1H3. The van der Waals surface area contributed by atoms with Crippen molar-refractivity contribution in [3.05, 3.63) is 64.7 Å². The number of hydrogen-bond donors (Lipinski definition) is 1. The average molecular weight is 325 g/mol. The van der Waals surface area contributed by atoms with Crippen molar-refractivity contribution in [1.29, 1.82) is 0 Å². The molecule has 0 aliphatic carbocycles. The molecule has 6 heteroatoms. The van der Waals surface area contributed by atoms with E-state index in [0.717, 1.165) is 10.5 Å². The van der Waals surface area contributed by atoms with Gasteiger partial charge in [0.25, 0.3) is 11.8 Å². The third-order valence-electron chi connectivity index (χ3n) is 3.80. The number of hydrogen-bond acceptors (Lipinski definition) is 5. The number of carbonyl (C=O) groups is 3. The van der Waals surface area contributed by atoms with Crippen LogP contribution < -0.4 is 0 Å². The summed E-state index contributed by atoms with van der Waals surface area (Å²) < 4.78 is 5.06. The molecule has 6 nitrogen and oxygen atoms in total. The van der Waals surface area contributed by atoms with E-state index in [1.54, 1.807) is 37.3 Å². The molecule has 1 aliphatic rings. The van der Waals surface area contributed by atoms with Crippen LogP contribution in [0.25, 0.3) is 0 Å². The number of phenolic OH excluding ortho intramolecular Hbond substituents is 1. The number of ether oxygens (including phenoxy) is 1. The molecular formula is C18H15NO5. The molecule has 0 atom stereocenters. The van der Waals surface area contributed by atoms with Gasteiger partial charge in [-0.05, 0) is 36.8 Å². The van der Waals surface area contributed by atoms with Crippen LogP contribution in [0.2, 0.25) is 0 Å². The minimum Gasteiger partial charge on any atom is -0.507 e. The molecule has 24 heavy (non-hydrogen) atoms. The van der Waals surface area contributed by atoms with Crippen LogP contribution in [-0.4, -0.2) is 40.9 Å².